The maximum Gasteiger partial charge on any atom is 0.152 e. The van der Waals surface area contributed by atoms with Gasteiger partial charge in [0.2, 0.25) is 0 Å². The summed E-state index contributed by atoms with van der Waals surface area (Å²) in [6.45, 7) is 2.13. The van der Waals surface area contributed by atoms with Crippen LogP contribution in [-0.4, -0.2) is 17.5 Å². The molecule has 0 aliphatic rings. The Hall–Kier alpha value is -2.00. The van der Waals surface area contributed by atoms with Crippen molar-refractivity contribution in [3.8, 4) is 11.3 Å². The molecule has 0 unspecified atom stereocenters. The number of carbonyl (C=O) groups is 1. The lowest BCUT2D eigenvalue weighted by Gasteiger charge is -2.01. The minimum absolute atomic E-state index is 0.747. The van der Waals surface area contributed by atoms with Gasteiger partial charge in [0.25, 0.3) is 0 Å². The van der Waals surface area contributed by atoms with Crippen molar-refractivity contribution in [1.29, 1.82) is 0 Å². The zero-order valence-electron chi connectivity index (χ0n) is 12.1. The van der Waals surface area contributed by atoms with E-state index in [-0.39, 0.29) is 0 Å². The zero-order chi connectivity index (χ0) is 14.8. The van der Waals surface area contributed by atoms with Gasteiger partial charge in [0.1, 0.15) is 0 Å². The Kier molecular flexibility index (Phi) is 3.84. The average molecular weight is 295 g/mol. The minimum Gasteiger partial charge on any atom is -0.354 e. The molecule has 1 aromatic heterocycles. The number of nitrogens with one attached hydrogen (secondary N) is 1. The highest BCUT2D eigenvalue weighted by molar-refractivity contribution is 7.98. The van der Waals surface area contributed by atoms with Crippen LogP contribution in [0.3, 0.4) is 0 Å². The van der Waals surface area contributed by atoms with E-state index in [1.807, 2.05) is 12.1 Å². The molecule has 2 aromatic carbocycles. The first-order valence-electron chi connectivity index (χ1n) is 7.01. The molecule has 3 aromatic rings. The lowest BCUT2D eigenvalue weighted by Crippen LogP contribution is -1.84. The van der Waals surface area contributed by atoms with Crippen LogP contribution >= 0.6 is 11.8 Å². The van der Waals surface area contributed by atoms with E-state index in [1.165, 1.54) is 10.5 Å². The van der Waals surface area contributed by atoms with Crippen molar-refractivity contribution >= 4 is 29.0 Å². The summed E-state index contributed by atoms with van der Waals surface area (Å²) >= 11 is 1.71. The maximum atomic E-state index is 11.6. The molecule has 3 heteroatoms. The number of thioether (sulfide) groups is 1. The molecule has 0 amide bonds. The third-order valence-corrected chi connectivity index (χ3v) is 4.58. The number of H-pyrrole nitrogens is 1. The van der Waals surface area contributed by atoms with Crippen LogP contribution in [-0.2, 0) is 6.42 Å². The third kappa shape index (κ3) is 2.38. The first kappa shape index (κ1) is 14.0. The number of aromatic nitrogens is 1. The van der Waals surface area contributed by atoms with Gasteiger partial charge in [-0.2, -0.15) is 0 Å². The number of hydrogen-bond donors (Lipinski definition) is 1. The van der Waals surface area contributed by atoms with E-state index in [2.05, 4.69) is 48.5 Å². The summed E-state index contributed by atoms with van der Waals surface area (Å²) in [4.78, 5) is 16.2. The van der Waals surface area contributed by atoms with Crippen LogP contribution in [0.4, 0.5) is 0 Å². The number of carbonyl (C=O) groups excluding carboxylic acids is 1. The highest BCUT2D eigenvalue weighted by Gasteiger charge is 2.14. The predicted octanol–water partition coefficient (Wildman–Crippen LogP) is 4.93. The predicted molar refractivity (Wildman–Crippen MR) is 90.3 cm³/mol. The SMILES string of the molecule is CCc1cccc2c(C=O)c(-c3ccc(SC)cc3)[nH]c12. The van der Waals surface area contributed by atoms with E-state index in [0.29, 0.717) is 0 Å². The second-order valence-electron chi connectivity index (χ2n) is 4.95. The van der Waals surface area contributed by atoms with Gasteiger partial charge in [-0.1, -0.05) is 37.3 Å². The summed E-state index contributed by atoms with van der Waals surface area (Å²) in [6, 6.07) is 14.4. The number of fused-ring (bicyclic) bond motifs is 1. The molecule has 0 saturated carbocycles. The van der Waals surface area contributed by atoms with Gasteiger partial charge in [-0.05, 0) is 35.9 Å². The molecular formula is C18H17NOS. The molecule has 0 saturated heterocycles. The number of aldehydes is 1. The molecule has 0 bridgehead atoms. The molecule has 0 atom stereocenters. The molecule has 3 rings (SSSR count). The fraction of sp³-hybridized carbons (Fsp3) is 0.167. The van der Waals surface area contributed by atoms with Crippen molar-refractivity contribution < 1.29 is 4.79 Å². The molecule has 21 heavy (non-hydrogen) atoms. The molecule has 0 radical (unpaired) electrons. The van der Waals surface area contributed by atoms with Gasteiger partial charge in [-0.15, -0.1) is 11.8 Å². The van der Waals surface area contributed by atoms with Gasteiger partial charge < -0.3 is 4.98 Å². The van der Waals surface area contributed by atoms with Crippen LogP contribution in [0.5, 0.6) is 0 Å². The van der Waals surface area contributed by atoms with Gasteiger partial charge in [-0.3, -0.25) is 4.79 Å². The third-order valence-electron chi connectivity index (χ3n) is 3.84. The monoisotopic (exact) mass is 295 g/mol. The molecule has 0 aliphatic carbocycles. The van der Waals surface area contributed by atoms with E-state index in [4.69, 9.17) is 0 Å². The average Bonchev–Trinajstić information content (AvgIpc) is 2.93. The highest BCUT2D eigenvalue weighted by atomic mass is 32.2. The topological polar surface area (TPSA) is 32.9 Å². The number of rotatable bonds is 4. The maximum absolute atomic E-state index is 11.6. The fourth-order valence-corrected chi connectivity index (χ4v) is 3.11. The summed E-state index contributed by atoms with van der Waals surface area (Å²) in [7, 11) is 0. The van der Waals surface area contributed by atoms with Gasteiger partial charge in [-0.25, -0.2) is 0 Å². The highest BCUT2D eigenvalue weighted by Crippen LogP contribution is 2.31. The Morgan fingerprint density at radius 3 is 2.52 bits per heavy atom. The van der Waals surface area contributed by atoms with E-state index in [9.17, 15) is 4.79 Å². The molecule has 2 nitrogen and oxygen atoms in total. The second-order valence-corrected chi connectivity index (χ2v) is 5.83. The van der Waals surface area contributed by atoms with Crippen molar-refractivity contribution in [3.63, 3.8) is 0 Å². The zero-order valence-corrected chi connectivity index (χ0v) is 13.0. The Morgan fingerprint density at radius 2 is 1.90 bits per heavy atom. The van der Waals surface area contributed by atoms with Crippen molar-refractivity contribution in [2.75, 3.05) is 6.26 Å². The van der Waals surface area contributed by atoms with Crippen LogP contribution in [0.25, 0.3) is 22.2 Å². The van der Waals surface area contributed by atoms with Gasteiger partial charge in [0.05, 0.1) is 5.69 Å². The molecule has 0 aliphatic heterocycles. The molecule has 0 fully saturated rings. The molecule has 106 valence electrons. The normalized spacial score (nSPS) is 11.0. The summed E-state index contributed by atoms with van der Waals surface area (Å²) in [6.07, 6.45) is 3.96. The summed E-state index contributed by atoms with van der Waals surface area (Å²) in [5.41, 5.74) is 5.02. The van der Waals surface area contributed by atoms with E-state index in [0.717, 1.165) is 40.4 Å². The van der Waals surface area contributed by atoms with E-state index >= 15 is 0 Å². The van der Waals surface area contributed by atoms with Crippen molar-refractivity contribution in [1.82, 2.24) is 4.98 Å². The second kappa shape index (κ2) is 5.78. The first-order valence-corrected chi connectivity index (χ1v) is 8.24. The van der Waals surface area contributed by atoms with Crippen molar-refractivity contribution in [2.24, 2.45) is 0 Å². The van der Waals surface area contributed by atoms with Gasteiger partial charge in [0.15, 0.2) is 6.29 Å². The molecule has 0 spiro atoms. The Labute approximate surface area is 128 Å². The lowest BCUT2D eigenvalue weighted by molar-refractivity contribution is 0.112. The van der Waals surface area contributed by atoms with Gasteiger partial charge in [0, 0.05) is 21.4 Å². The Balaban J connectivity index is 2.23. The number of para-hydroxylation sites is 1. The molecule has 1 heterocycles. The largest absolute Gasteiger partial charge is 0.354 e. The lowest BCUT2D eigenvalue weighted by atomic mass is 10.0. The van der Waals surface area contributed by atoms with Crippen LogP contribution in [0.1, 0.15) is 22.8 Å². The molecular weight excluding hydrogens is 278 g/mol. The standard InChI is InChI=1S/C18H17NOS/c1-3-12-5-4-6-15-16(11-20)18(19-17(12)15)13-7-9-14(21-2)10-8-13/h4-11,19H,3H2,1-2H3. The Bertz CT molecular complexity index is 787. The summed E-state index contributed by atoms with van der Waals surface area (Å²) in [5.74, 6) is 0. The van der Waals surface area contributed by atoms with Crippen LogP contribution < -0.4 is 0 Å². The summed E-state index contributed by atoms with van der Waals surface area (Å²) in [5, 5.41) is 1.01. The minimum atomic E-state index is 0.747. The van der Waals surface area contributed by atoms with Crippen LogP contribution in [0, 0.1) is 0 Å². The summed E-state index contributed by atoms with van der Waals surface area (Å²) < 4.78 is 0. The first-order chi connectivity index (χ1) is 10.3. The van der Waals surface area contributed by atoms with Gasteiger partial charge >= 0.3 is 0 Å². The van der Waals surface area contributed by atoms with E-state index < -0.39 is 0 Å². The number of benzene rings is 2. The molecule has 1 N–H and O–H groups in total. The van der Waals surface area contributed by atoms with Crippen LogP contribution in [0.15, 0.2) is 47.4 Å². The van der Waals surface area contributed by atoms with Crippen molar-refractivity contribution in [2.45, 2.75) is 18.2 Å². The smallest absolute Gasteiger partial charge is 0.152 e. The number of aryl methyl sites for hydroxylation is 1. The Morgan fingerprint density at radius 1 is 1.14 bits per heavy atom. The fourth-order valence-electron chi connectivity index (χ4n) is 2.70. The van der Waals surface area contributed by atoms with Crippen molar-refractivity contribution in [3.05, 3.63) is 53.6 Å². The van der Waals surface area contributed by atoms with E-state index in [1.54, 1.807) is 11.8 Å². The quantitative estimate of drug-likeness (QED) is 0.546. The van der Waals surface area contributed by atoms with Crippen LogP contribution in [0.2, 0.25) is 0 Å². The number of aromatic amines is 1. The number of hydrogen-bond acceptors (Lipinski definition) is 2.